The van der Waals surface area contributed by atoms with Crippen molar-refractivity contribution >= 4 is 5.97 Å². The molecule has 4 rings (SSSR count). The number of benzene rings is 1. The second-order valence-electron chi connectivity index (χ2n) is 9.24. The first-order valence-electron chi connectivity index (χ1n) is 12.3. The van der Waals surface area contributed by atoms with Crippen LogP contribution in [0.5, 0.6) is 6.01 Å². The molecule has 1 saturated carbocycles. The van der Waals surface area contributed by atoms with Crippen molar-refractivity contribution in [3.8, 4) is 17.1 Å². The number of piperidine rings is 1. The number of esters is 1. The lowest BCUT2D eigenvalue weighted by molar-refractivity contribution is -0.149. The molecule has 1 aromatic carbocycles. The molecule has 34 heavy (non-hydrogen) atoms. The van der Waals surface area contributed by atoms with E-state index in [4.69, 9.17) is 9.47 Å². The van der Waals surface area contributed by atoms with Crippen molar-refractivity contribution in [3.05, 3.63) is 42.0 Å². The van der Waals surface area contributed by atoms with Gasteiger partial charge in [0.25, 0.3) is 0 Å². The molecule has 1 N–H and O–H groups in total. The number of likely N-dealkylation sites (tertiary alicyclic amines) is 1. The highest BCUT2D eigenvalue weighted by Gasteiger charge is 2.32. The highest BCUT2D eigenvalue weighted by atomic mass is 19.1. The summed E-state index contributed by atoms with van der Waals surface area (Å²) in [6.45, 7) is 4.62. The summed E-state index contributed by atoms with van der Waals surface area (Å²) in [5, 5.41) is 9.26. The van der Waals surface area contributed by atoms with E-state index in [1.807, 2.05) is 6.92 Å². The van der Waals surface area contributed by atoms with Crippen LogP contribution >= 0.6 is 0 Å². The largest absolute Gasteiger partial charge is 0.466 e. The molecule has 2 aromatic rings. The quantitative estimate of drug-likeness (QED) is 0.583. The third kappa shape index (κ3) is 5.91. The van der Waals surface area contributed by atoms with Gasteiger partial charge in [0, 0.05) is 35.1 Å². The van der Waals surface area contributed by atoms with Crippen molar-refractivity contribution in [1.82, 2.24) is 14.9 Å². The SMILES string of the molecule is CCOC(=O)C1CCC(N2CCC(COc3ncc(-c4cccc(CO)c4F)cn3)CC2)CC1. The first-order valence-corrected chi connectivity index (χ1v) is 12.3. The number of carbonyl (C=O) groups is 1. The number of aromatic nitrogens is 2. The predicted molar refractivity (Wildman–Crippen MR) is 126 cm³/mol. The number of hydrogen-bond acceptors (Lipinski definition) is 7. The molecule has 2 heterocycles. The highest BCUT2D eigenvalue weighted by molar-refractivity contribution is 5.72. The van der Waals surface area contributed by atoms with Crippen LogP contribution in [0.25, 0.3) is 11.1 Å². The normalized spacial score (nSPS) is 21.9. The van der Waals surface area contributed by atoms with Crippen molar-refractivity contribution in [1.29, 1.82) is 0 Å². The molecule has 0 amide bonds. The van der Waals surface area contributed by atoms with Crippen LogP contribution in [0.15, 0.2) is 30.6 Å². The van der Waals surface area contributed by atoms with Crippen molar-refractivity contribution in [2.75, 3.05) is 26.3 Å². The van der Waals surface area contributed by atoms with Crippen LogP contribution in [0.2, 0.25) is 0 Å². The summed E-state index contributed by atoms with van der Waals surface area (Å²) in [6.07, 6.45) is 9.21. The van der Waals surface area contributed by atoms with Crippen LogP contribution in [0, 0.1) is 17.7 Å². The number of aliphatic hydroxyl groups is 1. The van der Waals surface area contributed by atoms with Gasteiger partial charge in [0.1, 0.15) is 5.82 Å². The first-order chi connectivity index (χ1) is 16.6. The van der Waals surface area contributed by atoms with Gasteiger partial charge in [0.05, 0.1) is 25.7 Å². The van der Waals surface area contributed by atoms with E-state index in [2.05, 4.69) is 14.9 Å². The van der Waals surface area contributed by atoms with E-state index < -0.39 is 5.82 Å². The minimum absolute atomic E-state index is 0.0316. The number of carbonyl (C=O) groups excluding carboxylic acids is 1. The number of nitrogens with zero attached hydrogens (tertiary/aromatic N) is 3. The molecule has 2 fully saturated rings. The van der Waals surface area contributed by atoms with Crippen LogP contribution in [0.4, 0.5) is 4.39 Å². The van der Waals surface area contributed by atoms with Gasteiger partial charge in [-0.25, -0.2) is 14.4 Å². The Morgan fingerprint density at radius 3 is 2.47 bits per heavy atom. The van der Waals surface area contributed by atoms with E-state index in [1.165, 1.54) is 0 Å². The fourth-order valence-corrected chi connectivity index (χ4v) is 5.07. The lowest BCUT2D eigenvalue weighted by atomic mass is 9.84. The summed E-state index contributed by atoms with van der Waals surface area (Å²) in [4.78, 5) is 23.0. The molecule has 1 aliphatic heterocycles. The van der Waals surface area contributed by atoms with Gasteiger partial charge in [-0.05, 0) is 64.5 Å². The van der Waals surface area contributed by atoms with Crippen LogP contribution in [0.1, 0.15) is 51.0 Å². The molecule has 0 bridgehead atoms. The van der Waals surface area contributed by atoms with E-state index in [0.29, 0.717) is 42.3 Å². The van der Waals surface area contributed by atoms with Gasteiger partial charge in [0.15, 0.2) is 0 Å². The number of hydrogen-bond donors (Lipinski definition) is 1. The van der Waals surface area contributed by atoms with Gasteiger partial charge in [-0.15, -0.1) is 0 Å². The second kappa shape index (κ2) is 11.7. The first kappa shape index (κ1) is 24.5. The lowest BCUT2D eigenvalue weighted by Crippen LogP contribution is -2.44. The van der Waals surface area contributed by atoms with Gasteiger partial charge in [-0.3, -0.25) is 4.79 Å². The van der Waals surface area contributed by atoms with Crippen LogP contribution in [-0.4, -0.2) is 58.3 Å². The van der Waals surface area contributed by atoms with Gasteiger partial charge in [-0.2, -0.15) is 0 Å². The van der Waals surface area contributed by atoms with Crippen LogP contribution in [-0.2, 0) is 16.1 Å². The maximum atomic E-state index is 14.4. The Labute approximate surface area is 200 Å². The molecule has 0 spiro atoms. The van der Waals surface area contributed by atoms with E-state index in [1.54, 1.807) is 30.6 Å². The number of aliphatic hydroxyl groups excluding tert-OH is 1. The molecule has 0 radical (unpaired) electrons. The zero-order valence-corrected chi connectivity index (χ0v) is 19.8. The minimum atomic E-state index is -0.455. The van der Waals surface area contributed by atoms with Gasteiger partial charge < -0.3 is 19.5 Å². The number of halogens is 1. The Balaban J connectivity index is 1.21. The monoisotopic (exact) mass is 471 g/mol. The van der Waals surface area contributed by atoms with E-state index >= 15 is 0 Å². The highest BCUT2D eigenvalue weighted by Crippen LogP contribution is 2.31. The van der Waals surface area contributed by atoms with Crippen LogP contribution in [0.3, 0.4) is 0 Å². The Kier molecular flexibility index (Phi) is 8.45. The van der Waals surface area contributed by atoms with E-state index in [9.17, 15) is 14.3 Å². The number of rotatable bonds is 8. The van der Waals surface area contributed by atoms with Gasteiger partial charge in [0.2, 0.25) is 0 Å². The maximum absolute atomic E-state index is 14.4. The third-order valence-electron chi connectivity index (χ3n) is 7.12. The molecular formula is C26H34FN3O4. The van der Waals surface area contributed by atoms with Crippen molar-refractivity contribution < 1.29 is 23.8 Å². The standard InChI is InChI=1S/C26H34FN3O4/c1-2-33-25(32)19-6-8-22(9-7-19)30-12-10-18(11-13-30)17-34-26-28-14-21(15-29-26)23-5-3-4-20(16-31)24(23)27/h3-5,14-15,18-19,22,31H,2,6-13,16-17H2,1H3. The summed E-state index contributed by atoms with van der Waals surface area (Å²) in [7, 11) is 0. The van der Waals surface area contributed by atoms with Crippen molar-refractivity contribution in [2.45, 2.75) is 58.1 Å². The Morgan fingerprint density at radius 1 is 1.12 bits per heavy atom. The average Bonchev–Trinajstić information content (AvgIpc) is 2.88. The fourth-order valence-electron chi connectivity index (χ4n) is 5.07. The average molecular weight is 472 g/mol. The van der Waals surface area contributed by atoms with Crippen molar-refractivity contribution in [3.63, 3.8) is 0 Å². The molecule has 1 aliphatic carbocycles. The van der Waals surface area contributed by atoms with Crippen LogP contribution < -0.4 is 4.74 Å². The minimum Gasteiger partial charge on any atom is -0.466 e. The van der Waals surface area contributed by atoms with Gasteiger partial charge in [-0.1, -0.05) is 18.2 Å². The third-order valence-corrected chi connectivity index (χ3v) is 7.12. The topological polar surface area (TPSA) is 84.8 Å². The van der Waals surface area contributed by atoms with E-state index in [0.717, 1.165) is 51.6 Å². The molecule has 7 nitrogen and oxygen atoms in total. The smallest absolute Gasteiger partial charge is 0.316 e. The summed E-state index contributed by atoms with van der Waals surface area (Å²) in [5.41, 5.74) is 1.16. The molecule has 0 atom stereocenters. The summed E-state index contributed by atoms with van der Waals surface area (Å²) >= 11 is 0. The number of ether oxygens (including phenoxy) is 2. The Bertz CT molecular complexity index is 940. The summed E-state index contributed by atoms with van der Waals surface area (Å²) in [6, 6.07) is 5.75. The fraction of sp³-hybridized carbons (Fsp3) is 0.577. The van der Waals surface area contributed by atoms with Gasteiger partial charge >= 0.3 is 12.0 Å². The zero-order valence-electron chi connectivity index (χ0n) is 19.8. The predicted octanol–water partition coefficient (Wildman–Crippen LogP) is 3.99. The molecular weight excluding hydrogens is 437 g/mol. The Morgan fingerprint density at radius 2 is 1.82 bits per heavy atom. The molecule has 0 unspecified atom stereocenters. The molecule has 184 valence electrons. The second-order valence-corrected chi connectivity index (χ2v) is 9.24. The summed E-state index contributed by atoms with van der Waals surface area (Å²) in [5.74, 6) is 0.0389. The maximum Gasteiger partial charge on any atom is 0.316 e. The zero-order chi connectivity index (χ0) is 23.9. The summed E-state index contributed by atoms with van der Waals surface area (Å²) < 4.78 is 25.4. The lowest BCUT2D eigenvalue weighted by Gasteiger charge is -2.40. The molecule has 2 aliphatic rings. The van der Waals surface area contributed by atoms with E-state index in [-0.39, 0.29) is 24.1 Å². The van der Waals surface area contributed by atoms with Crippen molar-refractivity contribution in [2.24, 2.45) is 11.8 Å². The molecule has 1 saturated heterocycles. The molecule has 1 aromatic heterocycles. The molecule has 8 heteroatoms. The Hall–Kier alpha value is -2.58.